The minimum Gasteiger partial charge on any atom is -0.375 e. The van der Waals surface area contributed by atoms with Crippen molar-refractivity contribution in [1.29, 1.82) is 0 Å². The molecular weight excluding hydrogens is 313 g/mol. The standard InChI is InChI=1S/C15H17F3N2O3/c1-23-9-13(21)19-11-6-14(22)20(8-11)7-10-4-2-3-5-12(10)15(16,17)18/h2-5,11H,6-9H2,1H3,(H,19,21)/t11-/m0/s1. The molecular formula is C15H17F3N2O3. The Morgan fingerprint density at radius 2 is 2.09 bits per heavy atom. The second-order valence-electron chi connectivity index (χ2n) is 5.33. The van der Waals surface area contributed by atoms with Gasteiger partial charge in [0.25, 0.3) is 0 Å². The second-order valence-corrected chi connectivity index (χ2v) is 5.33. The van der Waals surface area contributed by atoms with Crippen LogP contribution in [0.4, 0.5) is 13.2 Å². The van der Waals surface area contributed by atoms with Crippen LogP contribution in [-0.4, -0.2) is 43.0 Å². The van der Waals surface area contributed by atoms with Crippen LogP contribution >= 0.6 is 0 Å². The number of likely N-dealkylation sites (tertiary alicyclic amines) is 1. The molecule has 1 saturated heterocycles. The first-order valence-electron chi connectivity index (χ1n) is 7.02. The van der Waals surface area contributed by atoms with Gasteiger partial charge in [-0.2, -0.15) is 13.2 Å². The highest BCUT2D eigenvalue weighted by Gasteiger charge is 2.35. The average molecular weight is 330 g/mol. The number of benzene rings is 1. The summed E-state index contributed by atoms with van der Waals surface area (Å²) in [5.74, 6) is -0.646. The van der Waals surface area contributed by atoms with Crippen molar-refractivity contribution in [2.75, 3.05) is 20.3 Å². The minimum absolute atomic E-state index is 0.0391. The van der Waals surface area contributed by atoms with Gasteiger partial charge in [-0.15, -0.1) is 0 Å². The molecule has 1 fully saturated rings. The summed E-state index contributed by atoms with van der Waals surface area (Å²) < 4.78 is 43.6. The van der Waals surface area contributed by atoms with Crippen molar-refractivity contribution in [3.63, 3.8) is 0 Å². The van der Waals surface area contributed by atoms with Crippen LogP contribution in [-0.2, 0) is 27.0 Å². The minimum atomic E-state index is -4.47. The topological polar surface area (TPSA) is 58.6 Å². The summed E-state index contributed by atoms with van der Waals surface area (Å²) >= 11 is 0. The first-order chi connectivity index (χ1) is 10.8. The molecule has 5 nitrogen and oxygen atoms in total. The van der Waals surface area contributed by atoms with E-state index in [1.165, 1.54) is 30.2 Å². The monoisotopic (exact) mass is 330 g/mol. The third-order valence-corrected chi connectivity index (χ3v) is 3.54. The third kappa shape index (κ3) is 4.44. The molecule has 8 heteroatoms. The molecule has 126 valence electrons. The predicted molar refractivity (Wildman–Crippen MR) is 75.3 cm³/mol. The van der Waals surface area contributed by atoms with Crippen molar-refractivity contribution in [2.24, 2.45) is 0 Å². The van der Waals surface area contributed by atoms with Gasteiger partial charge < -0.3 is 15.0 Å². The molecule has 0 aliphatic carbocycles. The molecule has 0 bridgehead atoms. The number of amides is 2. The van der Waals surface area contributed by atoms with Crippen LogP contribution in [0.25, 0.3) is 0 Å². The maximum absolute atomic E-state index is 13.0. The van der Waals surface area contributed by atoms with Gasteiger partial charge in [0, 0.05) is 26.6 Å². The molecule has 1 aromatic carbocycles. The van der Waals surface area contributed by atoms with Gasteiger partial charge in [0.05, 0.1) is 11.6 Å². The molecule has 1 aliphatic rings. The quantitative estimate of drug-likeness (QED) is 0.891. The van der Waals surface area contributed by atoms with Gasteiger partial charge in [-0.05, 0) is 11.6 Å². The van der Waals surface area contributed by atoms with E-state index in [-0.39, 0.29) is 43.5 Å². The van der Waals surface area contributed by atoms with Crippen LogP contribution in [0.3, 0.4) is 0 Å². The van der Waals surface area contributed by atoms with Crippen molar-refractivity contribution in [2.45, 2.75) is 25.2 Å². The lowest BCUT2D eigenvalue weighted by molar-refractivity contribution is -0.139. The summed E-state index contributed by atoms with van der Waals surface area (Å²) in [6.45, 7) is -0.0761. The molecule has 0 spiro atoms. The Bertz CT molecular complexity index is 590. The van der Waals surface area contributed by atoms with E-state index in [1.807, 2.05) is 0 Å². The van der Waals surface area contributed by atoms with E-state index in [1.54, 1.807) is 0 Å². The van der Waals surface area contributed by atoms with Gasteiger partial charge >= 0.3 is 6.18 Å². The zero-order chi connectivity index (χ0) is 17.0. The van der Waals surface area contributed by atoms with Crippen LogP contribution in [0.15, 0.2) is 24.3 Å². The number of rotatable bonds is 5. The van der Waals surface area contributed by atoms with Gasteiger partial charge in [-0.1, -0.05) is 18.2 Å². The summed E-state index contributed by atoms with van der Waals surface area (Å²) in [6, 6.07) is 4.75. The molecule has 2 rings (SSSR count). The van der Waals surface area contributed by atoms with Crippen molar-refractivity contribution in [3.8, 4) is 0 Å². The molecule has 1 atom stereocenters. The number of nitrogens with one attached hydrogen (secondary N) is 1. The van der Waals surface area contributed by atoms with E-state index < -0.39 is 17.8 Å². The molecule has 23 heavy (non-hydrogen) atoms. The Kier molecular flexibility index (Phi) is 5.25. The van der Waals surface area contributed by atoms with Crippen molar-refractivity contribution in [1.82, 2.24) is 10.2 Å². The van der Waals surface area contributed by atoms with E-state index in [0.29, 0.717) is 0 Å². The Morgan fingerprint density at radius 3 is 2.74 bits per heavy atom. The molecule has 1 aromatic rings. The molecule has 1 aliphatic heterocycles. The summed E-state index contributed by atoms with van der Waals surface area (Å²) in [4.78, 5) is 24.7. The smallest absolute Gasteiger partial charge is 0.375 e. The van der Waals surface area contributed by atoms with Gasteiger partial charge in [0.1, 0.15) is 6.61 Å². The maximum atomic E-state index is 13.0. The fourth-order valence-corrected chi connectivity index (χ4v) is 2.56. The van der Waals surface area contributed by atoms with Crippen molar-refractivity contribution < 1.29 is 27.5 Å². The Labute approximate surface area is 131 Å². The molecule has 1 N–H and O–H groups in total. The van der Waals surface area contributed by atoms with Gasteiger partial charge in [-0.25, -0.2) is 0 Å². The second kappa shape index (κ2) is 6.99. The summed E-state index contributed by atoms with van der Waals surface area (Å²) in [5.41, 5.74) is -0.711. The SMILES string of the molecule is COCC(=O)N[C@H]1CC(=O)N(Cc2ccccc2C(F)(F)F)C1. The predicted octanol–water partition coefficient (Wildman–Crippen LogP) is 1.57. The number of carbonyl (C=O) groups is 2. The number of ether oxygens (including phenoxy) is 1. The summed E-state index contributed by atoms with van der Waals surface area (Å²) in [5, 5.41) is 2.62. The van der Waals surface area contributed by atoms with Crippen molar-refractivity contribution in [3.05, 3.63) is 35.4 Å². The zero-order valence-electron chi connectivity index (χ0n) is 12.5. The Morgan fingerprint density at radius 1 is 1.39 bits per heavy atom. The third-order valence-electron chi connectivity index (χ3n) is 3.54. The number of carbonyl (C=O) groups excluding carboxylic acids is 2. The molecule has 0 aromatic heterocycles. The normalized spacial score (nSPS) is 18.3. The molecule has 2 amide bonds. The van der Waals surface area contributed by atoms with Gasteiger partial charge in [-0.3, -0.25) is 9.59 Å². The number of methoxy groups -OCH3 is 1. The van der Waals surface area contributed by atoms with Gasteiger partial charge in [0.15, 0.2) is 0 Å². The fraction of sp³-hybridized carbons (Fsp3) is 0.467. The van der Waals surface area contributed by atoms with Gasteiger partial charge in [0.2, 0.25) is 11.8 Å². The number of alkyl halides is 3. The van der Waals surface area contributed by atoms with Crippen molar-refractivity contribution >= 4 is 11.8 Å². The van der Waals surface area contributed by atoms with Crippen LogP contribution < -0.4 is 5.32 Å². The molecule has 0 unspecified atom stereocenters. The fourth-order valence-electron chi connectivity index (χ4n) is 2.56. The Hall–Kier alpha value is -2.09. The lowest BCUT2D eigenvalue weighted by Gasteiger charge is -2.20. The lowest BCUT2D eigenvalue weighted by Crippen LogP contribution is -2.38. The van der Waals surface area contributed by atoms with E-state index in [4.69, 9.17) is 0 Å². The van der Waals surface area contributed by atoms with E-state index in [9.17, 15) is 22.8 Å². The van der Waals surface area contributed by atoms with Crippen LogP contribution in [0.1, 0.15) is 17.5 Å². The van der Waals surface area contributed by atoms with Crippen LogP contribution in [0, 0.1) is 0 Å². The van der Waals surface area contributed by atoms with Crippen LogP contribution in [0.5, 0.6) is 0 Å². The highest BCUT2D eigenvalue weighted by Crippen LogP contribution is 2.32. The van der Waals surface area contributed by atoms with E-state index in [0.717, 1.165) is 6.07 Å². The number of nitrogens with zero attached hydrogens (tertiary/aromatic N) is 1. The summed E-state index contributed by atoms with van der Waals surface area (Å²) in [7, 11) is 1.37. The lowest BCUT2D eigenvalue weighted by atomic mass is 10.1. The van der Waals surface area contributed by atoms with Crippen LogP contribution in [0.2, 0.25) is 0 Å². The highest BCUT2D eigenvalue weighted by molar-refractivity contribution is 5.82. The highest BCUT2D eigenvalue weighted by atomic mass is 19.4. The first-order valence-corrected chi connectivity index (χ1v) is 7.02. The largest absolute Gasteiger partial charge is 0.416 e. The van der Waals surface area contributed by atoms with E-state index in [2.05, 4.69) is 10.1 Å². The molecule has 1 heterocycles. The zero-order valence-corrected chi connectivity index (χ0v) is 12.5. The molecule has 0 radical (unpaired) electrons. The number of hydrogen-bond acceptors (Lipinski definition) is 3. The number of hydrogen-bond donors (Lipinski definition) is 1. The maximum Gasteiger partial charge on any atom is 0.416 e. The average Bonchev–Trinajstić information content (AvgIpc) is 2.78. The Balaban J connectivity index is 2.04. The molecule has 0 saturated carbocycles. The number of halogens is 3. The summed E-state index contributed by atoms with van der Waals surface area (Å²) in [6.07, 6.45) is -4.39. The first kappa shape index (κ1) is 17.3. The van der Waals surface area contributed by atoms with E-state index >= 15 is 0 Å².